The molecule has 0 aliphatic carbocycles. The highest BCUT2D eigenvalue weighted by molar-refractivity contribution is 7.89. The van der Waals surface area contributed by atoms with Crippen LogP contribution in [0.4, 0.5) is 5.69 Å². The van der Waals surface area contributed by atoms with Crippen molar-refractivity contribution in [1.82, 2.24) is 4.57 Å². The molecule has 0 spiro atoms. The highest BCUT2D eigenvalue weighted by Gasteiger charge is 2.09. The van der Waals surface area contributed by atoms with Crippen LogP contribution in [0.1, 0.15) is 0 Å². The number of hydrogen-bond donors (Lipinski definition) is 2. The lowest BCUT2D eigenvalue weighted by molar-refractivity contribution is -0.116. The fraction of sp³-hybridized carbons (Fsp3) is 0.0625. The minimum Gasteiger partial charge on any atom is -0.338 e. The lowest BCUT2D eigenvalue weighted by Crippen LogP contribution is -2.18. The van der Waals surface area contributed by atoms with Gasteiger partial charge in [-0.05, 0) is 48.5 Å². The van der Waals surface area contributed by atoms with E-state index >= 15 is 0 Å². The number of carbonyl (C=O) groups is 1. The van der Waals surface area contributed by atoms with Crippen LogP contribution in [0.2, 0.25) is 5.02 Å². The first kappa shape index (κ1) is 16.5. The molecule has 0 fully saturated rings. The Hall–Kier alpha value is -2.35. The zero-order valence-electron chi connectivity index (χ0n) is 12.4. The molecule has 0 atom stereocenters. The van der Waals surface area contributed by atoms with Gasteiger partial charge in [0.2, 0.25) is 15.9 Å². The second kappa shape index (κ2) is 6.27. The Bertz CT molecular complexity index is 1010. The molecule has 2 aromatic carbocycles. The third-order valence-electron chi connectivity index (χ3n) is 3.51. The molecular formula is C16H14ClN3O3S. The number of halogens is 1. The van der Waals surface area contributed by atoms with Gasteiger partial charge in [-0.25, -0.2) is 13.6 Å². The first-order chi connectivity index (χ1) is 11.3. The molecule has 0 saturated carbocycles. The van der Waals surface area contributed by atoms with Crippen LogP contribution in [0.25, 0.3) is 10.9 Å². The highest BCUT2D eigenvalue weighted by Crippen LogP contribution is 2.20. The molecule has 3 aromatic rings. The predicted octanol–water partition coefficient (Wildman–Crippen LogP) is 2.58. The molecule has 6 nitrogen and oxygen atoms in total. The Morgan fingerprint density at radius 1 is 1.12 bits per heavy atom. The fourth-order valence-corrected chi connectivity index (χ4v) is 3.09. The molecule has 1 amide bonds. The Kier molecular flexibility index (Phi) is 4.31. The normalized spacial score (nSPS) is 11.6. The van der Waals surface area contributed by atoms with Gasteiger partial charge in [0.1, 0.15) is 6.54 Å². The smallest absolute Gasteiger partial charge is 0.244 e. The van der Waals surface area contributed by atoms with Gasteiger partial charge in [-0.2, -0.15) is 0 Å². The van der Waals surface area contributed by atoms with Crippen molar-refractivity contribution >= 4 is 44.1 Å². The Morgan fingerprint density at radius 2 is 1.83 bits per heavy atom. The number of nitrogens with zero attached hydrogens (tertiary/aromatic N) is 1. The van der Waals surface area contributed by atoms with Crippen molar-refractivity contribution in [2.24, 2.45) is 5.14 Å². The quantitative estimate of drug-likeness (QED) is 0.745. The molecule has 0 radical (unpaired) electrons. The zero-order chi connectivity index (χ0) is 17.3. The third-order valence-corrected chi connectivity index (χ3v) is 4.68. The van der Waals surface area contributed by atoms with Crippen molar-refractivity contribution in [3.63, 3.8) is 0 Å². The van der Waals surface area contributed by atoms with Gasteiger partial charge in [-0.3, -0.25) is 4.79 Å². The molecule has 0 aliphatic heterocycles. The van der Waals surface area contributed by atoms with E-state index in [9.17, 15) is 13.2 Å². The summed E-state index contributed by atoms with van der Waals surface area (Å²) >= 11 is 5.95. The lowest BCUT2D eigenvalue weighted by Gasteiger charge is -2.08. The van der Waals surface area contributed by atoms with Crippen molar-refractivity contribution < 1.29 is 13.2 Å². The number of nitrogens with two attached hydrogens (primary N) is 1. The van der Waals surface area contributed by atoms with E-state index in [4.69, 9.17) is 16.7 Å². The Balaban J connectivity index is 1.73. The predicted molar refractivity (Wildman–Crippen MR) is 93.4 cm³/mol. The molecule has 0 unspecified atom stereocenters. The van der Waals surface area contributed by atoms with Crippen LogP contribution < -0.4 is 10.5 Å². The summed E-state index contributed by atoms with van der Waals surface area (Å²) in [6, 6.07) is 13.0. The number of anilines is 1. The summed E-state index contributed by atoms with van der Waals surface area (Å²) in [7, 11) is -3.74. The number of rotatable bonds is 4. The second-order valence-corrected chi connectivity index (χ2v) is 7.26. The molecule has 1 aromatic heterocycles. The molecule has 1 heterocycles. The largest absolute Gasteiger partial charge is 0.338 e. The molecule has 0 aliphatic rings. The molecule has 3 rings (SSSR count). The van der Waals surface area contributed by atoms with Gasteiger partial charge in [0.25, 0.3) is 0 Å². The van der Waals surface area contributed by atoms with Crippen LogP contribution in [0, 0.1) is 0 Å². The summed E-state index contributed by atoms with van der Waals surface area (Å²) < 4.78 is 24.2. The highest BCUT2D eigenvalue weighted by atomic mass is 35.5. The van der Waals surface area contributed by atoms with E-state index in [1.807, 2.05) is 24.4 Å². The van der Waals surface area contributed by atoms with E-state index in [1.165, 1.54) is 24.3 Å². The number of fused-ring (bicyclic) bond motifs is 1. The first-order valence-corrected chi connectivity index (χ1v) is 8.92. The maximum Gasteiger partial charge on any atom is 0.244 e. The molecule has 0 saturated heterocycles. The minimum absolute atomic E-state index is 0.00576. The SMILES string of the molecule is NS(=O)(=O)c1ccc(NC(=O)Cn2ccc3cc(Cl)ccc32)cc1. The molecule has 8 heteroatoms. The van der Waals surface area contributed by atoms with Crippen LogP contribution in [0.3, 0.4) is 0 Å². The van der Waals surface area contributed by atoms with Gasteiger partial charge in [0, 0.05) is 27.8 Å². The summed E-state index contributed by atoms with van der Waals surface area (Å²) in [5, 5.41) is 9.34. The van der Waals surface area contributed by atoms with E-state index in [1.54, 1.807) is 10.6 Å². The molecular weight excluding hydrogens is 350 g/mol. The standard InChI is InChI=1S/C16H14ClN3O3S/c17-12-1-6-15-11(9-12)7-8-20(15)10-16(21)19-13-2-4-14(5-3-13)24(18,22)23/h1-9H,10H2,(H,19,21)(H2,18,22,23). The third kappa shape index (κ3) is 3.59. The lowest BCUT2D eigenvalue weighted by atomic mass is 10.2. The number of hydrogen-bond acceptors (Lipinski definition) is 3. The summed E-state index contributed by atoms with van der Waals surface area (Å²) in [6.07, 6.45) is 1.81. The number of primary sulfonamides is 1. The van der Waals surface area contributed by atoms with Gasteiger partial charge >= 0.3 is 0 Å². The summed E-state index contributed by atoms with van der Waals surface area (Å²) in [6.45, 7) is 0.127. The Labute approximate surface area is 143 Å². The van der Waals surface area contributed by atoms with Crippen molar-refractivity contribution in [2.75, 3.05) is 5.32 Å². The molecule has 124 valence electrons. The van der Waals surface area contributed by atoms with E-state index < -0.39 is 10.0 Å². The van der Waals surface area contributed by atoms with E-state index in [2.05, 4.69) is 5.32 Å². The van der Waals surface area contributed by atoms with Gasteiger partial charge in [-0.15, -0.1) is 0 Å². The second-order valence-electron chi connectivity index (χ2n) is 5.26. The van der Waals surface area contributed by atoms with Gasteiger partial charge in [0.15, 0.2) is 0 Å². The van der Waals surface area contributed by atoms with E-state index in [0.717, 1.165) is 10.9 Å². The average Bonchev–Trinajstić information content (AvgIpc) is 2.89. The molecule has 0 bridgehead atoms. The van der Waals surface area contributed by atoms with Gasteiger partial charge < -0.3 is 9.88 Å². The van der Waals surface area contributed by atoms with Crippen LogP contribution >= 0.6 is 11.6 Å². The number of amides is 1. The summed E-state index contributed by atoms with van der Waals surface area (Å²) in [4.78, 5) is 12.2. The monoisotopic (exact) mass is 363 g/mol. The van der Waals surface area contributed by atoms with Crippen molar-refractivity contribution in [2.45, 2.75) is 11.4 Å². The number of nitrogens with one attached hydrogen (secondary N) is 1. The first-order valence-electron chi connectivity index (χ1n) is 7.00. The van der Waals surface area contributed by atoms with Crippen LogP contribution in [0.15, 0.2) is 59.6 Å². The topological polar surface area (TPSA) is 94.2 Å². The van der Waals surface area contributed by atoms with Crippen LogP contribution in [0.5, 0.6) is 0 Å². The minimum atomic E-state index is -3.74. The van der Waals surface area contributed by atoms with Gasteiger partial charge in [-0.1, -0.05) is 11.6 Å². The summed E-state index contributed by atoms with van der Waals surface area (Å²) in [5.41, 5.74) is 1.39. The summed E-state index contributed by atoms with van der Waals surface area (Å²) in [5.74, 6) is -0.231. The molecule has 3 N–H and O–H groups in total. The Morgan fingerprint density at radius 3 is 2.50 bits per heavy atom. The number of sulfonamides is 1. The van der Waals surface area contributed by atoms with Crippen LogP contribution in [-0.2, 0) is 21.4 Å². The van der Waals surface area contributed by atoms with Crippen molar-refractivity contribution in [3.8, 4) is 0 Å². The number of benzene rings is 2. The fourth-order valence-electron chi connectivity index (χ4n) is 2.39. The van der Waals surface area contributed by atoms with Crippen LogP contribution in [-0.4, -0.2) is 18.9 Å². The van der Waals surface area contributed by atoms with E-state index in [-0.39, 0.29) is 17.3 Å². The molecule has 24 heavy (non-hydrogen) atoms. The maximum absolute atomic E-state index is 12.2. The maximum atomic E-state index is 12.2. The average molecular weight is 364 g/mol. The van der Waals surface area contributed by atoms with E-state index in [0.29, 0.717) is 10.7 Å². The number of carbonyl (C=O) groups excluding carboxylic acids is 1. The van der Waals surface area contributed by atoms with Crippen molar-refractivity contribution in [1.29, 1.82) is 0 Å². The zero-order valence-corrected chi connectivity index (χ0v) is 14.0. The van der Waals surface area contributed by atoms with Gasteiger partial charge in [0.05, 0.1) is 4.90 Å². The van der Waals surface area contributed by atoms with Crippen molar-refractivity contribution in [3.05, 3.63) is 59.8 Å². The number of aromatic nitrogens is 1.